The second kappa shape index (κ2) is 5.32. The van der Waals surface area contributed by atoms with Crippen molar-refractivity contribution >= 4 is 29.2 Å². The van der Waals surface area contributed by atoms with Crippen LogP contribution >= 0.6 is 11.6 Å². The molecule has 0 aromatic heterocycles. The van der Waals surface area contributed by atoms with E-state index in [0.717, 1.165) is 0 Å². The molecule has 0 aliphatic carbocycles. The highest BCUT2D eigenvalue weighted by molar-refractivity contribution is 6.30. The number of carbonyl (C=O) groups excluding carboxylic acids is 1. The number of carboxylic acid groups (broad SMARTS) is 1. The summed E-state index contributed by atoms with van der Waals surface area (Å²) in [6, 6.07) is 6.51. The first-order chi connectivity index (χ1) is 7.49. The Labute approximate surface area is 97.5 Å². The number of amides is 1. The van der Waals surface area contributed by atoms with Crippen LogP contribution in [0.25, 0.3) is 0 Å². The number of nitrogens with one attached hydrogen (secondary N) is 1. The molecule has 0 saturated heterocycles. The molecule has 0 aliphatic rings. The van der Waals surface area contributed by atoms with E-state index in [1.54, 1.807) is 24.3 Å². The average Bonchev–Trinajstić information content (AvgIpc) is 2.21. The lowest BCUT2D eigenvalue weighted by molar-refractivity contribution is -0.133. The molecule has 2 N–H and O–H groups in total. The molecular formula is C11H10ClNO3. The molecule has 4 nitrogen and oxygen atoms in total. The van der Waals surface area contributed by atoms with Crippen LogP contribution in [-0.2, 0) is 9.59 Å². The van der Waals surface area contributed by atoms with Crippen LogP contribution in [0.3, 0.4) is 0 Å². The van der Waals surface area contributed by atoms with E-state index in [4.69, 9.17) is 16.7 Å². The predicted molar refractivity (Wildman–Crippen MR) is 61.5 cm³/mol. The van der Waals surface area contributed by atoms with E-state index in [0.29, 0.717) is 10.7 Å². The van der Waals surface area contributed by atoms with Crippen molar-refractivity contribution in [3.63, 3.8) is 0 Å². The van der Waals surface area contributed by atoms with Crippen LogP contribution in [0.2, 0.25) is 5.02 Å². The van der Waals surface area contributed by atoms with Crippen molar-refractivity contribution in [1.82, 2.24) is 0 Å². The smallest absolute Gasteiger partial charge is 0.331 e. The number of hydrogen-bond acceptors (Lipinski definition) is 2. The summed E-state index contributed by atoms with van der Waals surface area (Å²) in [6.07, 6.45) is -0.238. The standard InChI is InChI=1S/C11H10ClNO3/c1-7(11(15)16)6-10(14)13-9-4-2-8(12)3-5-9/h2-5H,1,6H2,(H,13,14)(H,15,16). The molecule has 0 fully saturated rings. The topological polar surface area (TPSA) is 66.4 Å². The Kier molecular flexibility index (Phi) is 4.08. The van der Waals surface area contributed by atoms with E-state index in [9.17, 15) is 9.59 Å². The Morgan fingerprint density at radius 1 is 1.31 bits per heavy atom. The van der Waals surface area contributed by atoms with Crippen LogP contribution < -0.4 is 5.32 Å². The van der Waals surface area contributed by atoms with Crippen LogP contribution in [0.4, 0.5) is 5.69 Å². The van der Waals surface area contributed by atoms with Crippen LogP contribution in [0.5, 0.6) is 0 Å². The SMILES string of the molecule is C=C(CC(=O)Nc1ccc(Cl)cc1)C(=O)O. The molecule has 1 aromatic carbocycles. The summed E-state index contributed by atoms with van der Waals surface area (Å²) in [5.41, 5.74) is 0.416. The molecule has 5 heteroatoms. The Morgan fingerprint density at radius 3 is 2.38 bits per heavy atom. The van der Waals surface area contributed by atoms with Gasteiger partial charge in [-0.15, -0.1) is 0 Å². The molecule has 0 atom stereocenters. The van der Waals surface area contributed by atoms with Crippen LogP contribution in [0, 0.1) is 0 Å². The van der Waals surface area contributed by atoms with Crippen molar-refractivity contribution in [2.24, 2.45) is 0 Å². The van der Waals surface area contributed by atoms with Crippen LogP contribution in [0.1, 0.15) is 6.42 Å². The average molecular weight is 240 g/mol. The van der Waals surface area contributed by atoms with Crippen molar-refractivity contribution in [3.8, 4) is 0 Å². The van der Waals surface area contributed by atoms with Gasteiger partial charge in [0.25, 0.3) is 0 Å². The Morgan fingerprint density at radius 2 is 1.88 bits per heavy atom. The van der Waals surface area contributed by atoms with E-state index in [2.05, 4.69) is 11.9 Å². The van der Waals surface area contributed by atoms with Gasteiger partial charge in [0.15, 0.2) is 0 Å². The Bertz CT molecular complexity index is 425. The van der Waals surface area contributed by atoms with Crippen molar-refractivity contribution in [3.05, 3.63) is 41.4 Å². The number of benzene rings is 1. The van der Waals surface area contributed by atoms with Crippen molar-refractivity contribution < 1.29 is 14.7 Å². The van der Waals surface area contributed by atoms with Crippen molar-refractivity contribution in [2.45, 2.75) is 6.42 Å². The number of halogens is 1. The predicted octanol–water partition coefficient (Wildman–Crippen LogP) is 2.31. The van der Waals surface area contributed by atoms with Crippen molar-refractivity contribution in [1.29, 1.82) is 0 Å². The molecule has 0 aliphatic heterocycles. The van der Waals surface area contributed by atoms with E-state index in [1.165, 1.54) is 0 Å². The summed E-state index contributed by atoms with van der Waals surface area (Å²) in [7, 11) is 0. The molecule has 0 unspecified atom stereocenters. The fourth-order valence-corrected chi connectivity index (χ4v) is 1.13. The van der Waals surface area contributed by atoms with Gasteiger partial charge in [-0.05, 0) is 24.3 Å². The Hall–Kier alpha value is -1.81. The Balaban J connectivity index is 2.55. The maximum Gasteiger partial charge on any atom is 0.331 e. The minimum atomic E-state index is -1.17. The number of aliphatic carboxylic acids is 1. The first kappa shape index (κ1) is 12.3. The summed E-state index contributed by atoms with van der Waals surface area (Å²) in [5.74, 6) is -1.60. The summed E-state index contributed by atoms with van der Waals surface area (Å²) in [6.45, 7) is 3.27. The zero-order valence-corrected chi connectivity index (χ0v) is 9.12. The first-order valence-corrected chi connectivity index (χ1v) is 4.83. The molecule has 0 spiro atoms. The molecule has 1 rings (SSSR count). The summed E-state index contributed by atoms with van der Waals surface area (Å²) >= 11 is 5.67. The molecule has 0 heterocycles. The summed E-state index contributed by atoms with van der Waals surface area (Å²) in [5, 5.41) is 11.6. The molecule has 1 aromatic rings. The zero-order valence-electron chi connectivity index (χ0n) is 8.37. The largest absolute Gasteiger partial charge is 0.478 e. The minimum Gasteiger partial charge on any atom is -0.478 e. The van der Waals surface area contributed by atoms with Gasteiger partial charge in [-0.3, -0.25) is 4.79 Å². The third-order valence-electron chi connectivity index (χ3n) is 1.80. The van der Waals surface area contributed by atoms with E-state index < -0.39 is 11.9 Å². The molecule has 84 valence electrons. The number of anilines is 1. The monoisotopic (exact) mass is 239 g/mol. The van der Waals surface area contributed by atoms with E-state index in [1.807, 2.05) is 0 Å². The van der Waals surface area contributed by atoms with Gasteiger partial charge in [-0.2, -0.15) is 0 Å². The van der Waals surface area contributed by atoms with Crippen LogP contribution in [0.15, 0.2) is 36.4 Å². The van der Waals surface area contributed by atoms with Gasteiger partial charge in [-0.25, -0.2) is 4.79 Å². The zero-order chi connectivity index (χ0) is 12.1. The second-order valence-corrected chi connectivity index (χ2v) is 3.58. The second-order valence-electron chi connectivity index (χ2n) is 3.14. The fraction of sp³-hybridized carbons (Fsp3) is 0.0909. The summed E-state index contributed by atoms with van der Waals surface area (Å²) < 4.78 is 0. The van der Waals surface area contributed by atoms with Gasteiger partial charge < -0.3 is 10.4 Å². The maximum atomic E-state index is 11.3. The molecular weight excluding hydrogens is 230 g/mol. The van der Waals surface area contributed by atoms with Gasteiger partial charge in [0.2, 0.25) is 5.91 Å². The third kappa shape index (κ3) is 3.74. The lowest BCUT2D eigenvalue weighted by atomic mass is 10.2. The summed E-state index contributed by atoms with van der Waals surface area (Å²) in [4.78, 5) is 21.8. The number of carboxylic acids is 1. The molecule has 0 saturated carbocycles. The van der Waals surface area contributed by atoms with E-state index >= 15 is 0 Å². The number of hydrogen-bond donors (Lipinski definition) is 2. The minimum absolute atomic E-state index is 0.147. The highest BCUT2D eigenvalue weighted by Gasteiger charge is 2.10. The van der Waals surface area contributed by atoms with Gasteiger partial charge >= 0.3 is 5.97 Å². The first-order valence-electron chi connectivity index (χ1n) is 4.45. The van der Waals surface area contributed by atoms with E-state index in [-0.39, 0.29) is 12.0 Å². The van der Waals surface area contributed by atoms with Gasteiger partial charge in [0, 0.05) is 16.3 Å². The highest BCUT2D eigenvalue weighted by atomic mass is 35.5. The van der Waals surface area contributed by atoms with Gasteiger partial charge in [0.1, 0.15) is 0 Å². The lowest BCUT2D eigenvalue weighted by Crippen LogP contribution is -2.14. The maximum absolute atomic E-state index is 11.3. The number of carbonyl (C=O) groups is 2. The van der Waals surface area contributed by atoms with Crippen molar-refractivity contribution in [2.75, 3.05) is 5.32 Å². The normalized spacial score (nSPS) is 9.56. The molecule has 0 bridgehead atoms. The molecule has 16 heavy (non-hydrogen) atoms. The fourth-order valence-electron chi connectivity index (χ4n) is 1.01. The quantitative estimate of drug-likeness (QED) is 0.793. The van der Waals surface area contributed by atoms with Gasteiger partial charge in [-0.1, -0.05) is 18.2 Å². The van der Waals surface area contributed by atoms with Crippen LogP contribution in [-0.4, -0.2) is 17.0 Å². The third-order valence-corrected chi connectivity index (χ3v) is 2.06. The molecule has 1 amide bonds. The number of rotatable bonds is 4. The van der Waals surface area contributed by atoms with Gasteiger partial charge in [0.05, 0.1) is 6.42 Å². The molecule has 0 radical (unpaired) electrons. The highest BCUT2D eigenvalue weighted by Crippen LogP contribution is 2.14. The lowest BCUT2D eigenvalue weighted by Gasteiger charge is -2.04.